The number of nitrogens with one attached hydrogen (secondary N) is 2. The molecule has 12 nitrogen and oxygen atoms in total. The average Bonchev–Trinajstić information content (AvgIpc) is 2.79. The Morgan fingerprint density at radius 2 is 0.571 bits per heavy atom. The van der Waals surface area contributed by atoms with Gasteiger partial charge in [-0.05, 0) is 65.0 Å². The highest BCUT2D eigenvalue weighted by atomic mass is 19.4. The fraction of sp³-hybridized carbons (Fsp3) is 0.778. The van der Waals surface area contributed by atoms with Crippen LogP contribution in [-0.2, 0) is 19.2 Å². The molecule has 0 spiro atoms. The van der Waals surface area contributed by atoms with Gasteiger partial charge in [-0.1, -0.05) is 0 Å². The Hall–Kier alpha value is -3.12. The standard InChI is InChI=1S/C10H26N4.4C2HF3O2/c11-5-3-9-13-7-1-2-8-14-10-4-6-12;4*3-2(4,5)1(6)7/h13-14H,1-12H2;4*(H,6,7). The number of carboxylic acids is 4. The smallest absolute Gasteiger partial charge is 0.475 e. The normalized spacial score (nSPS) is 11.1. The van der Waals surface area contributed by atoms with Gasteiger partial charge in [0.25, 0.3) is 0 Å². The Balaban J connectivity index is -0.000000142. The molecule has 254 valence electrons. The third kappa shape index (κ3) is 46.7. The molecule has 0 aromatic rings. The van der Waals surface area contributed by atoms with Crippen molar-refractivity contribution in [2.45, 2.75) is 50.4 Å². The van der Waals surface area contributed by atoms with Gasteiger partial charge in [-0.2, -0.15) is 52.7 Å². The number of carbonyl (C=O) groups is 4. The lowest BCUT2D eigenvalue weighted by atomic mass is 10.3. The van der Waals surface area contributed by atoms with E-state index in [-0.39, 0.29) is 0 Å². The summed E-state index contributed by atoms with van der Waals surface area (Å²) in [4.78, 5) is 35.6. The molecule has 42 heavy (non-hydrogen) atoms. The van der Waals surface area contributed by atoms with E-state index in [0.717, 1.165) is 52.1 Å². The molecule has 0 heterocycles. The van der Waals surface area contributed by atoms with E-state index in [1.165, 1.54) is 12.8 Å². The highest BCUT2D eigenvalue weighted by Crippen LogP contribution is 2.14. The lowest BCUT2D eigenvalue weighted by Crippen LogP contribution is -2.22. The van der Waals surface area contributed by atoms with Crippen molar-refractivity contribution < 1.29 is 92.3 Å². The molecule has 0 unspecified atom stereocenters. The molecular formula is C18H30F12N4O8. The highest BCUT2D eigenvalue weighted by Gasteiger charge is 2.39. The minimum Gasteiger partial charge on any atom is -0.475 e. The number of alkyl halides is 12. The van der Waals surface area contributed by atoms with Gasteiger partial charge in [0.05, 0.1) is 0 Å². The van der Waals surface area contributed by atoms with Gasteiger partial charge in [-0.15, -0.1) is 0 Å². The van der Waals surface area contributed by atoms with Crippen LogP contribution in [0.1, 0.15) is 25.7 Å². The van der Waals surface area contributed by atoms with E-state index in [0.29, 0.717) is 0 Å². The van der Waals surface area contributed by atoms with Crippen LogP contribution in [0, 0.1) is 0 Å². The summed E-state index contributed by atoms with van der Waals surface area (Å²) in [6.45, 7) is 5.90. The zero-order valence-corrected chi connectivity index (χ0v) is 21.2. The summed E-state index contributed by atoms with van der Waals surface area (Å²) in [5.41, 5.74) is 10.8. The second kappa shape index (κ2) is 25.6. The molecule has 0 bridgehead atoms. The number of nitrogens with two attached hydrogens (primary N) is 2. The number of hydrogen-bond donors (Lipinski definition) is 8. The third-order valence-electron chi connectivity index (χ3n) is 3.04. The van der Waals surface area contributed by atoms with Gasteiger partial charge in [0.2, 0.25) is 0 Å². The lowest BCUT2D eigenvalue weighted by Gasteiger charge is -2.04. The van der Waals surface area contributed by atoms with Crippen LogP contribution in [0.25, 0.3) is 0 Å². The molecule has 0 fully saturated rings. The van der Waals surface area contributed by atoms with Crippen molar-refractivity contribution in [1.29, 1.82) is 0 Å². The number of unbranched alkanes of at least 4 members (excludes halogenated alkanes) is 1. The molecule has 0 saturated carbocycles. The molecule has 24 heteroatoms. The number of halogens is 12. The number of aliphatic carboxylic acids is 4. The van der Waals surface area contributed by atoms with E-state index in [4.69, 9.17) is 51.1 Å². The molecule has 0 rings (SSSR count). The third-order valence-corrected chi connectivity index (χ3v) is 3.04. The summed E-state index contributed by atoms with van der Waals surface area (Å²) >= 11 is 0. The van der Waals surface area contributed by atoms with Gasteiger partial charge >= 0.3 is 48.6 Å². The molecule has 0 atom stereocenters. The van der Waals surface area contributed by atoms with Crippen molar-refractivity contribution in [3.05, 3.63) is 0 Å². The Morgan fingerprint density at radius 3 is 0.690 bits per heavy atom. The maximum absolute atomic E-state index is 10.6. The molecule has 0 aliphatic heterocycles. The van der Waals surface area contributed by atoms with Crippen LogP contribution in [0.4, 0.5) is 52.7 Å². The molecule has 10 N–H and O–H groups in total. The maximum atomic E-state index is 10.6. The number of hydrogen-bond acceptors (Lipinski definition) is 8. The van der Waals surface area contributed by atoms with Crippen LogP contribution < -0.4 is 22.1 Å². The van der Waals surface area contributed by atoms with E-state index in [1.54, 1.807) is 0 Å². The van der Waals surface area contributed by atoms with Crippen LogP contribution in [-0.4, -0.2) is 108 Å². The van der Waals surface area contributed by atoms with Crippen LogP contribution in [0.5, 0.6) is 0 Å². The predicted molar refractivity (Wildman–Crippen MR) is 117 cm³/mol. The highest BCUT2D eigenvalue weighted by molar-refractivity contribution is 5.74. The molecule has 0 aliphatic carbocycles. The van der Waals surface area contributed by atoms with Crippen LogP contribution >= 0.6 is 0 Å². The van der Waals surface area contributed by atoms with Gasteiger partial charge in [0.1, 0.15) is 0 Å². The molecule has 0 amide bonds. The number of rotatable bonds is 11. The summed E-state index contributed by atoms with van der Waals surface area (Å²) in [6.07, 6.45) is -15.7. The topological polar surface area (TPSA) is 225 Å². The van der Waals surface area contributed by atoms with Crippen LogP contribution in [0.3, 0.4) is 0 Å². The molecule has 0 radical (unpaired) electrons. The zero-order valence-electron chi connectivity index (χ0n) is 21.2. The monoisotopic (exact) mass is 658 g/mol. The van der Waals surface area contributed by atoms with Crippen molar-refractivity contribution in [3.63, 3.8) is 0 Å². The van der Waals surface area contributed by atoms with Crippen molar-refractivity contribution in [3.8, 4) is 0 Å². The van der Waals surface area contributed by atoms with Crippen molar-refractivity contribution >= 4 is 23.9 Å². The molecule has 0 saturated heterocycles. The first-order valence-electron chi connectivity index (χ1n) is 10.7. The second-order valence-corrected chi connectivity index (χ2v) is 6.70. The first kappa shape index (κ1) is 48.6. The summed E-state index contributed by atoms with van der Waals surface area (Å²) in [5.74, 6) is -11.0. The minimum absolute atomic E-state index is 0.785. The lowest BCUT2D eigenvalue weighted by molar-refractivity contribution is -0.193. The molecule has 0 aromatic heterocycles. The average molecular weight is 658 g/mol. The van der Waals surface area contributed by atoms with E-state index in [1.807, 2.05) is 0 Å². The van der Waals surface area contributed by atoms with Gasteiger partial charge in [-0.25, -0.2) is 19.2 Å². The Bertz CT molecular complexity index is 623. The van der Waals surface area contributed by atoms with Gasteiger partial charge < -0.3 is 42.5 Å². The van der Waals surface area contributed by atoms with E-state index in [9.17, 15) is 52.7 Å². The summed E-state index contributed by atoms with van der Waals surface area (Å²) in [5, 5.41) is 35.2. The van der Waals surface area contributed by atoms with E-state index in [2.05, 4.69) is 10.6 Å². The Kier molecular flexibility index (Phi) is 29.6. The SMILES string of the molecule is NCCCNCCCCNCCCN.O=C(O)C(F)(F)F.O=C(O)C(F)(F)F.O=C(O)C(F)(F)F.O=C(O)C(F)(F)F. The zero-order chi connectivity index (χ0) is 34.8. The van der Waals surface area contributed by atoms with Crippen molar-refractivity contribution in [2.75, 3.05) is 39.3 Å². The van der Waals surface area contributed by atoms with E-state index >= 15 is 0 Å². The summed E-state index contributed by atoms with van der Waals surface area (Å²) in [6, 6.07) is 0. The Labute approximate surface area is 229 Å². The van der Waals surface area contributed by atoms with Crippen LogP contribution in [0.15, 0.2) is 0 Å². The predicted octanol–water partition coefficient (Wildman–Crippen LogP) is 2.18. The largest absolute Gasteiger partial charge is 0.490 e. The molecule has 0 aromatic carbocycles. The fourth-order valence-electron chi connectivity index (χ4n) is 1.20. The van der Waals surface area contributed by atoms with Crippen LogP contribution in [0.2, 0.25) is 0 Å². The van der Waals surface area contributed by atoms with Crippen molar-refractivity contribution in [2.24, 2.45) is 11.5 Å². The van der Waals surface area contributed by atoms with Crippen molar-refractivity contribution in [1.82, 2.24) is 10.6 Å². The quantitative estimate of drug-likeness (QED) is 0.118. The number of carboxylic acid groups (broad SMARTS) is 4. The fourth-order valence-corrected chi connectivity index (χ4v) is 1.20. The first-order valence-corrected chi connectivity index (χ1v) is 10.7. The Morgan fingerprint density at radius 1 is 0.429 bits per heavy atom. The van der Waals surface area contributed by atoms with Gasteiger partial charge in [0, 0.05) is 0 Å². The molecule has 0 aliphatic rings. The summed E-state index contributed by atoms with van der Waals surface area (Å²) in [7, 11) is 0. The maximum Gasteiger partial charge on any atom is 0.490 e. The molecular weight excluding hydrogens is 628 g/mol. The van der Waals surface area contributed by atoms with Gasteiger partial charge in [0.15, 0.2) is 0 Å². The van der Waals surface area contributed by atoms with E-state index < -0.39 is 48.6 Å². The van der Waals surface area contributed by atoms with Gasteiger partial charge in [-0.3, -0.25) is 0 Å². The second-order valence-electron chi connectivity index (χ2n) is 6.70. The minimum atomic E-state index is -5.08. The first-order chi connectivity index (χ1) is 18.7. The summed E-state index contributed by atoms with van der Waals surface area (Å²) < 4.78 is 127.